The molecule has 0 aliphatic carbocycles. The number of carboxylic acid groups (broad SMARTS) is 1. The summed E-state index contributed by atoms with van der Waals surface area (Å²) in [5, 5.41) is 12.1. The van der Waals surface area contributed by atoms with Crippen molar-refractivity contribution in [2.24, 2.45) is 11.8 Å². The van der Waals surface area contributed by atoms with Crippen LogP contribution in [0, 0.1) is 25.7 Å². The molecule has 4 atom stereocenters. The van der Waals surface area contributed by atoms with Gasteiger partial charge < -0.3 is 15.2 Å². The molecule has 6 nitrogen and oxygen atoms in total. The number of amides is 1. The molecule has 2 N–H and O–H groups in total. The Morgan fingerprint density at radius 1 is 1.33 bits per heavy atom. The highest BCUT2D eigenvalue weighted by molar-refractivity contribution is 5.94. The number of carbonyl (C=O) groups is 2. The Bertz CT molecular complexity index is 765. The number of nitrogens with zero attached hydrogens (tertiary/aromatic N) is 1. The van der Waals surface area contributed by atoms with Crippen LogP contribution >= 0.6 is 0 Å². The number of aliphatic carboxylic acids is 1. The Labute approximate surface area is 159 Å². The molecular weight excluding hydrogens is 344 g/mol. The van der Waals surface area contributed by atoms with Crippen molar-refractivity contribution in [1.82, 2.24) is 10.2 Å². The lowest BCUT2D eigenvalue weighted by Crippen LogP contribution is -2.41. The molecule has 1 spiro atoms. The molecule has 3 aliphatic heterocycles. The van der Waals surface area contributed by atoms with Gasteiger partial charge in [0.2, 0.25) is 0 Å². The third-order valence-electron chi connectivity index (χ3n) is 6.76. The molecule has 1 amide bonds. The number of aryl methyl sites for hydroxylation is 2. The molecule has 0 unspecified atom stereocenters. The molecule has 27 heavy (non-hydrogen) atoms. The molecule has 3 heterocycles. The Hall–Kier alpha value is -1.92. The van der Waals surface area contributed by atoms with Gasteiger partial charge in [-0.1, -0.05) is 6.07 Å². The van der Waals surface area contributed by atoms with E-state index >= 15 is 0 Å². The zero-order valence-electron chi connectivity index (χ0n) is 16.0. The third-order valence-corrected chi connectivity index (χ3v) is 6.76. The average molecular weight is 372 g/mol. The first-order chi connectivity index (χ1) is 12.9. The van der Waals surface area contributed by atoms with Crippen LogP contribution in [0.15, 0.2) is 18.2 Å². The maximum absolute atomic E-state index is 12.6. The lowest BCUT2D eigenvalue weighted by molar-refractivity contribution is -0.137. The van der Waals surface area contributed by atoms with E-state index in [2.05, 4.69) is 10.2 Å². The molecular formula is C21H28N2O4. The van der Waals surface area contributed by atoms with Gasteiger partial charge in [0.1, 0.15) is 0 Å². The van der Waals surface area contributed by atoms with Crippen molar-refractivity contribution in [3.63, 3.8) is 0 Å². The molecule has 6 heteroatoms. The molecule has 146 valence electrons. The van der Waals surface area contributed by atoms with E-state index in [4.69, 9.17) is 9.84 Å². The summed E-state index contributed by atoms with van der Waals surface area (Å²) < 4.78 is 6.37. The van der Waals surface area contributed by atoms with Gasteiger partial charge >= 0.3 is 5.97 Å². The Kier molecular flexibility index (Phi) is 4.72. The topological polar surface area (TPSA) is 78.9 Å². The van der Waals surface area contributed by atoms with Crippen LogP contribution in [0.4, 0.5) is 0 Å². The summed E-state index contributed by atoms with van der Waals surface area (Å²) in [5.41, 5.74) is 2.88. The SMILES string of the molecule is Cc1ccc(C(=O)NC[C@H]2[C@H]3CN(CCC(=O)O)C[C@]34CC[C@H]2O4)cc1C. The molecule has 1 aromatic carbocycles. The van der Waals surface area contributed by atoms with Gasteiger partial charge in [-0.3, -0.25) is 14.5 Å². The number of nitrogens with one attached hydrogen (secondary N) is 1. The fourth-order valence-corrected chi connectivity index (χ4v) is 5.18. The summed E-state index contributed by atoms with van der Waals surface area (Å²) in [6.45, 7) is 6.94. The van der Waals surface area contributed by atoms with E-state index in [1.807, 2.05) is 32.0 Å². The van der Waals surface area contributed by atoms with Gasteiger partial charge in [-0.25, -0.2) is 0 Å². The van der Waals surface area contributed by atoms with Crippen LogP contribution in [0.1, 0.15) is 40.7 Å². The summed E-state index contributed by atoms with van der Waals surface area (Å²) in [5.74, 6) is -0.100. The number of carbonyl (C=O) groups excluding carboxylic acids is 1. The van der Waals surface area contributed by atoms with Crippen LogP contribution < -0.4 is 5.32 Å². The average Bonchev–Trinajstić information content (AvgIpc) is 3.28. The summed E-state index contributed by atoms with van der Waals surface area (Å²) in [6, 6.07) is 5.80. The monoisotopic (exact) mass is 372 g/mol. The highest BCUT2D eigenvalue weighted by atomic mass is 16.5. The summed E-state index contributed by atoms with van der Waals surface area (Å²) in [6.07, 6.45) is 2.47. The van der Waals surface area contributed by atoms with Crippen molar-refractivity contribution in [2.75, 3.05) is 26.2 Å². The van der Waals surface area contributed by atoms with Crippen molar-refractivity contribution in [3.05, 3.63) is 34.9 Å². The minimum absolute atomic E-state index is 0.0318. The predicted molar refractivity (Wildman–Crippen MR) is 101 cm³/mol. The first-order valence-electron chi connectivity index (χ1n) is 9.85. The second-order valence-electron chi connectivity index (χ2n) is 8.42. The molecule has 0 aromatic heterocycles. The first-order valence-corrected chi connectivity index (χ1v) is 9.85. The number of rotatable bonds is 6. The summed E-state index contributed by atoms with van der Waals surface area (Å²) in [7, 11) is 0. The Morgan fingerprint density at radius 3 is 2.89 bits per heavy atom. The summed E-state index contributed by atoms with van der Waals surface area (Å²) >= 11 is 0. The number of likely N-dealkylation sites (tertiary alicyclic amines) is 1. The van der Waals surface area contributed by atoms with Crippen LogP contribution in [0.5, 0.6) is 0 Å². The molecule has 3 aliphatic rings. The normalized spacial score (nSPS) is 31.9. The van der Waals surface area contributed by atoms with Gasteiger partial charge in [0.05, 0.1) is 18.1 Å². The Morgan fingerprint density at radius 2 is 2.15 bits per heavy atom. The predicted octanol–water partition coefficient (Wildman–Crippen LogP) is 1.99. The maximum atomic E-state index is 12.6. The quantitative estimate of drug-likeness (QED) is 0.798. The highest BCUT2D eigenvalue weighted by Crippen LogP contribution is 2.54. The van der Waals surface area contributed by atoms with E-state index in [1.54, 1.807) is 0 Å². The largest absolute Gasteiger partial charge is 0.481 e. The van der Waals surface area contributed by atoms with Crippen molar-refractivity contribution < 1.29 is 19.4 Å². The zero-order valence-corrected chi connectivity index (χ0v) is 16.0. The van der Waals surface area contributed by atoms with Gasteiger partial charge in [0.25, 0.3) is 5.91 Å². The van der Waals surface area contributed by atoms with Crippen LogP contribution in [-0.4, -0.2) is 59.8 Å². The van der Waals surface area contributed by atoms with E-state index in [9.17, 15) is 9.59 Å². The number of carboxylic acids is 1. The van der Waals surface area contributed by atoms with Crippen molar-refractivity contribution in [1.29, 1.82) is 0 Å². The minimum Gasteiger partial charge on any atom is -0.481 e. The van der Waals surface area contributed by atoms with Gasteiger partial charge in [-0.15, -0.1) is 0 Å². The van der Waals surface area contributed by atoms with E-state index in [-0.39, 0.29) is 24.0 Å². The smallest absolute Gasteiger partial charge is 0.304 e. The number of hydrogen-bond acceptors (Lipinski definition) is 4. The third kappa shape index (κ3) is 3.36. The van der Waals surface area contributed by atoms with E-state index < -0.39 is 5.97 Å². The fourth-order valence-electron chi connectivity index (χ4n) is 5.18. The molecule has 4 rings (SSSR count). The number of benzene rings is 1. The van der Waals surface area contributed by atoms with E-state index in [1.165, 1.54) is 5.56 Å². The number of fused-ring (bicyclic) bond motifs is 1. The van der Waals surface area contributed by atoms with E-state index in [0.29, 0.717) is 30.5 Å². The number of ether oxygens (including phenoxy) is 1. The molecule has 0 saturated carbocycles. The van der Waals surface area contributed by atoms with Gasteiger partial charge in [0, 0.05) is 43.6 Å². The number of hydrogen-bond donors (Lipinski definition) is 2. The van der Waals surface area contributed by atoms with Crippen molar-refractivity contribution in [2.45, 2.75) is 44.8 Å². The molecule has 0 radical (unpaired) electrons. The molecule has 1 aromatic rings. The Balaban J connectivity index is 1.39. The molecule has 3 saturated heterocycles. The lowest BCUT2D eigenvalue weighted by Gasteiger charge is -2.29. The van der Waals surface area contributed by atoms with Crippen molar-refractivity contribution in [3.8, 4) is 0 Å². The van der Waals surface area contributed by atoms with Crippen LogP contribution in [0.2, 0.25) is 0 Å². The lowest BCUT2D eigenvalue weighted by atomic mass is 9.73. The van der Waals surface area contributed by atoms with Crippen LogP contribution in [0.25, 0.3) is 0 Å². The van der Waals surface area contributed by atoms with Gasteiger partial charge in [-0.2, -0.15) is 0 Å². The maximum Gasteiger partial charge on any atom is 0.304 e. The van der Waals surface area contributed by atoms with Crippen molar-refractivity contribution >= 4 is 11.9 Å². The fraction of sp³-hybridized carbons (Fsp3) is 0.619. The van der Waals surface area contributed by atoms with Gasteiger partial charge in [-0.05, 0) is 49.9 Å². The second kappa shape index (κ2) is 6.91. The molecule has 3 fully saturated rings. The minimum atomic E-state index is -0.757. The summed E-state index contributed by atoms with van der Waals surface area (Å²) in [4.78, 5) is 25.7. The standard InChI is InChI=1S/C21H28N2O4/c1-13-3-4-15(9-14(13)2)20(26)22-10-16-17-11-23(8-6-19(24)25)12-21(17)7-5-18(16)27-21/h3-4,9,16-18H,5-8,10-12H2,1-2H3,(H,22,26)(H,24,25)/t16-,17+,18+,21+/m0/s1. The van der Waals surface area contributed by atoms with Crippen LogP contribution in [0.3, 0.4) is 0 Å². The van der Waals surface area contributed by atoms with E-state index in [0.717, 1.165) is 31.5 Å². The zero-order chi connectivity index (χ0) is 19.2. The first kappa shape index (κ1) is 18.4. The van der Waals surface area contributed by atoms with Crippen LogP contribution in [-0.2, 0) is 9.53 Å². The van der Waals surface area contributed by atoms with Gasteiger partial charge in [0.15, 0.2) is 0 Å². The molecule has 2 bridgehead atoms. The highest BCUT2D eigenvalue weighted by Gasteiger charge is 2.62. The second-order valence-corrected chi connectivity index (χ2v) is 8.42.